The van der Waals surface area contributed by atoms with E-state index in [4.69, 9.17) is 1.37 Å². The maximum absolute atomic E-state index is 13.0. The smallest absolute Gasteiger partial charge is 0.244 e. The van der Waals surface area contributed by atoms with Gasteiger partial charge in [0, 0.05) is 13.2 Å². The molecule has 11 aliphatic carbocycles. The van der Waals surface area contributed by atoms with E-state index in [2.05, 4.69) is 76.2 Å². The first kappa shape index (κ1) is 99.7. The van der Waals surface area contributed by atoms with Crippen LogP contribution in [0.15, 0.2) is 0 Å². The maximum Gasteiger partial charge on any atom is 0.394 e. The van der Waals surface area contributed by atoms with E-state index < -0.39 is 120 Å². The first-order valence-corrected chi connectivity index (χ1v) is 40.9. The molecule has 0 bridgehead atoms. The second kappa shape index (κ2) is 43.2. The van der Waals surface area contributed by atoms with Crippen LogP contribution in [0.1, 0.15) is 359 Å². The van der Waals surface area contributed by atoms with Gasteiger partial charge in [-0.05, 0) is 242 Å². The average Bonchev–Trinajstić information content (AvgIpc) is 0.920. The molecule has 20 heteroatoms. The van der Waals surface area contributed by atoms with E-state index >= 15 is 0 Å². The molecule has 14 atom stereocenters. The number of alkyl halides is 20. The number of halogens is 20. The Balaban J connectivity index is 0.000000591. The first-order chi connectivity index (χ1) is 47.8. The van der Waals surface area contributed by atoms with Gasteiger partial charge in [0.05, 0.1) is 29.1 Å². The molecule has 11 unspecified atom stereocenters. The normalized spacial score (nSPS) is 39.3. The van der Waals surface area contributed by atoms with E-state index in [0.29, 0.717) is 38.0 Å². The molecule has 0 aromatic heterocycles. The predicted molar refractivity (Wildman–Crippen MR) is 394 cm³/mol. The zero-order valence-electron chi connectivity index (χ0n) is 70.2. The second-order valence-electron chi connectivity index (χ2n) is 38.9. The molecule has 11 rings (SSSR count). The summed E-state index contributed by atoms with van der Waals surface area (Å²) in [5.41, 5.74) is 0.784. The Hall–Kier alpha value is -1.40. The lowest BCUT2D eigenvalue weighted by atomic mass is 9.68. The molecule has 0 N–H and O–H groups in total. The zero-order chi connectivity index (χ0) is 82.6. The van der Waals surface area contributed by atoms with Crippen molar-refractivity contribution in [3.05, 3.63) is 0 Å². The SMILES string of the molecule is CC1(C)CC1.CC1(C)CCC1.CC1C(F)C(F)C(C)C(F)C1F.CC1CC(C(F)(F)F)C[C@@H](C)C1.CC1CCC(C)(C(F)(F)F)CC1.CC1CCC(C)(F)CC1.CC1CCC(C)CC1.CC1C[C@H](C)CC(C(F)(F)F)C1C(F)(F)F.CCC1(C)CC1.CCC1(C)CCC1.[2H][C@]1(C)CC(C)CC(C(F)(F)F)C1. The van der Waals surface area contributed by atoms with Crippen LogP contribution < -0.4 is 0 Å². The number of rotatable bonds is 2. The van der Waals surface area contributed by atoms with Crippen molar-refractivity contribution in [2.24, 2.45) is 122 Å². The van der Waals surface area contributed by atoms with E-state index in [1.807, 2.05) is 20.8 Å². The van der Waals surface area contributed by atoms with Gasteiger partial charge in [-0.25, -0.2) is 22.0 Å². The van der Waals surface area contributed by atoms with Crippen molar-refractivity contribution in [3.8, 4) is 0 Å². The molecule has 11 fully saturated rings. The van der Waals surface area contributed by atoms with E-state index in [1.165, 1.54) is 130 Å². The van der Waals surface area contributed by atoms with Crippen molar-refractivity contribution in [1.29, 1.82) is 0 Å². The summed E-state index contributed by atoms with van der Waals surface area (Å²) < 4.78 is 259. The van der Waals surface area contributed by atoms with Crippen LogP contribution in [0.4, 0.5) is 87.8 Å². The molecular weight excluding hydrogens is 1400 g/mol. The summed E-state index contributed by atoms with van der Waals surface area (Å²) in [5, 5.41) is 0. The monoisotopic (exact) mass is 1550 g/mol. The fourth-order valence-electron chi connectivity index (χ4n) is 15.8. The van der Waals surface area contributed by atoms with Crippen molar-refractivity contribution in [2.45, 2.75) is 419 Å². The van der Waals surface area contributed by atoms with Crippen LogP contribution >= 0.6 is 0 Å². The van der Waals surface area contributed by atoms with Gasteiger partial charge < -0.3 is 0 Å². The summed E-state index contributed by atoms with van der Waals surface area (Å²) in [4.78, 5) is 0. The van der Waals surface area contributed by atoms with Crippen LogP contribution in [0.2, 0.25) is 0 Å². The second-order valence-corrected chi connectivity index (χ2v) is 38.9. The highest BCUT2D eigenvalue weighted by Crippen LogP contribution is 2.54. The summed E-state index contributed by atoms with van der Waals surface area (Å²) in [6.45, 7) is 43.0. The highest BCUT2D eigenvalue weighted by atomic mass is 19.4. The van der Waals surface area contributed by atoms with E-state index in [9.17, 15) is 87.8 Å². The fourth-order valence-corrected chi connectivity index (χ4v) is 15.8. The molecule has 105 heavy (non-hydrogen) atoms. The molecule has 11 aliphatic rings. The van der Waals surface area contributed by atoms with Crippen LogP contribution in [-0.2, 0) is 0 Å². The summed E-state index contributed by atoms with van der Waals surface area (Å²) in [6, 6.07) is 0. The Kier molecular flexibility index (Phi) is 41.0. The minimum atomic E-state index is -4.76. The number of hydrogen-bond acceptors (Lipinski definition) is 0. The third-order valence-electron chi connectivity index (χ3n) is 26.0. The van der Waals surface area contributed by atoms with Crippen LogP contribution in [0.5, 0.6) is 0 Å². The van der Waals surface area contributed by atoms with Crippen molar-refractivity contribution >= 4 is 0 Å². The third kappa shape index (κ3) is 39.8. The van der Waals surface area contributed by atoms with Crippen LogP contribution in [0.25, 0.3) is 0 Å². The Morgan fingerprint density at radius 1 is 0.324 bits per heavy atom. The minimum Gasteiger partial charge on any atom is -0.244 e. The lowest BCUT2D eigenvalue weighted by Crippen LogP contribution is -2.49. The van der Waals surface area contributed by atoms with Crippen molar-refractivity contribution in [1.82, 2.24) is 0 Å². The molecule has 0 amide bonds. The van der Waals surface area contributed by atoms with E-state index in [-0.39, 0.29) is 42.9 Å². The highest BCUT2D eigenvalue weighted by molar-refractivity contribution is 4.96. The topological polar surface area (TPSA) is 0 Å². The van der Waals surface area contributed by atoms with Crippen LogP contribution in [0.3, 0.4) is 0 Å². The van der Waals surface area contributed by atoms with Gasteiger partial charge in [-0.15, -0.1) is 0 Å². The third-order valence-corrected chi connectivity index (χ3v) is 26.0. The average molecular weight is 1550 g/mol. The first-order valence-electron chi connectivity index (χ1n) is 41.4. The van der Waals surface area contributed by atoms with Gasteiger partial charge in [-0.3, -0.25) is 0 Å². The number of hydrogen-bond donors (Lipinski definition) is 0. The maximum atomic E-state index is 13.0. The minimum absolute atomic E-state index is 0.0166. The van der Waals surface area contributed by atoms with Gasteiger partial charge in [-0.2, -0.15) is 65.9 Å². The molecule has 0 aromatic carbocycles. The Morgan fingerprint density at radius 3 is 0.848 bits per heavy atom. The Labute approximate surface area is 627 Å². The summed E-state index contributed by atoms with van der Waals surface area (Å²) in [6.07, 6.45) is 2.07. The fraction of sp³-hybridized carbons (Fsp3) is 1.00. The zero-order valence-corrected chi connectivity index (χ0v) is 69.2. The molecule has 0 heterocycles. The van der Waals surface area contributed by atoms with E-state index in [0.717, 1.165) is 84.4 Å². The Morgan fingerprint density at radius 2 is 0.619 bits per heavy atom. The molecule has 630 valence electrons. The molecule has 0 spiro atoms. The Bertz CT molecular complexity index is 2240. The molecule has 0 saturated heterocycles. The van der Waals surface area contributed by atoms with Crippen molar-refractivity contribution in [2.75, 3.05) is 0 Å². The van der Waals surface area contributed by atoms with Crippen LogP contribution in [0, 0.1) is 122 Å². The lowest BCUT2D eigenvalue weighted by Gasteiger charge is -2.41. The van der Waals surface area contributed by atoms with Crippen molar-refractivity contribution < 1.29 is 89.2 Å². The molecule has 0 nitrogen and oxygen atoms in total. The van der Waals surface area contributed by atoms with Gasteiger partial charge in [0.25, 0.3) is 0 Å². The molecular formula is C85H150F20. The lowest BCUT2D eigenvalue weighted by molar-refractivity contribution is -0.276. The van der Waals surface area contributed by atoms with Crippen molar-refractivity contribution in [3.63, 3.8) is 0 Å². The predicted octanol–water partition coefficient (Wildman–Crippen LogP) is 32.6. The van der Waals surface area contributed by atoms with Gasteiger partial charge >= 0.3 is 30.9 Å². The van der Waals surface area contributed by atoms with Gasteiger partial charge in [-0.1, -0.05) is 197 Å². The molecule has 11 saturated carbocycles. The summed E-state index contributed by atoms with van der Waals surface area (Å²) >= 11 is 0. The summed E-state index contributed by atoms with van der Waals surface area (Å²) in [7, 11) is 0. The van der Waals surface area contributed by atoms with Gasteiger partial charge in [0.2, 0.25) is 0 Å². The molecule has 0 aromatic rings. The largest absolute Gasteiger partial charge is 0.394 e. The van der Waals surface area contributed by atoms with E-state index in [1.54, 1.807) is 27.7 Å². The molecule has 0 radical (unpaired) electrons. The highest BCUT2D eigenvalue weighted by Gasteiger charge is 2.59. The standard InChI is InChI=1S/C10H14F6.3C9H15F3.C8H12F4.C8H15F.C8H16.C7H14.2C6H12.C5H10/c1-5-3-6(2)8(10(14,15)16)7(4-5)9(11,12)13;2*1-6-3-7(2)5-8(4-6)9(10,11)12;1-7-3-5-8(2,6-4-7)9(10,11)12;1-3-5(9)7(11)4(2)8(12)6(3)10;1-7-3-5-8(2,9)6-4-7;1-7-3-5-8(2)6-4-7;1-3-7(2)5-4-6-7;1-6(2)4-3-5-6;1-3-6(2)4-5-6;1-5(2)3-4-5/h5-8H,3-4H2,1-2H3;2*6-8H,3-5H2,1-2H3;7H,3-6H2,1-2H3;3-8H,1-2H3;7H,3-6H2,1-2H3;7-8H,3-6H2,1-2H3;3-6H2,1-2H3;2*3-5H2,1-2H3;3-4H2,1-2H3/t5-,6?,7?,8?;2*6-,7?,8?;;;;;;;;/m000......../s1/i;6D;;;;;;;;;. The summed E-state index contributed by atoms with van der Waals surface area (Å²) in [5.74, 6) is -7.55. The molecule has 0 aliphatic heterocycles. The quantitative estimate of drug-likeness (QED) is 0.242. The van der Waals surface area contributed by atoms with Gasteiger partial charge in [0.1, 0.15) is 30.4 Å². The van der Waals surface area contributed by atoms with Crippen LogP contribution in [-0.4, -0.2) is 61.2 Å². The van der Waals surface area contributed by atoms with Gasteiger partial charge in [0.15, 0.2) is 0 Å².